The molecule has 0 aromatic carbocycles. The molecule has 0 aromatic rings. The third-order valence-electron chi connectivity index (χ3n) is 6.31. The first-order valence-electron chi connectivity index (χ1n) is 6.82. The van der Waals surface area contributed by atoms with Crippen molar-refractivity contribution >= 4 is 0 Å². The van der Waals surface area contributed by atoms with Crippen molar-refractivity contribution in [2.24, 2.45) is 28.6 Å². The van der Waals surface area contributed by atoms with Crippen LogP contribution in [0, 0.1) is 28.6 Å². The van der Waals surface area contributed by atoms with E-state index in [1.807, 2.05) is 7.11 Å². The molecule has 0 N–H and O–H groups in total. The van der Waals surface area contributed by atoms with Crippen molar-refractivity contribution in [2.75, 3.05) is 13.7 Å². The van der Waals surface area contributed by atoms with Gasteiger partial charge < -0.3 is 9.47 Å². The fraction of sp³-hybridized carbons (Fsp3) is 1.00. The fourth-order valence-electron chi connectivity index (χ4n) is 5.22. The molecule has 1 heterocycles. The van der Waals surface area contributed by atoms with Crippen molar-refractivity contribution in [3.63, 3.8) is 0 Å². The lowest BCUT2D eigenvalue weighted by atomic mass is 9.73. The van der Waals surface area contributed by atoms with Gasteiger partial charge >= 0.3 is 0 Å². The number of methoxy groups -OCH3 is 1. The summed E-state index contributed by atoms with van der Waals surface area (Å²) < 4.78 is 11.4. The van der Waals surface area contributed by atoms with E-state index in [0.29, 0.717) is 5.41 Å². The first-order chi connectivity index (χ1) is 7.68. The van der Waals surface area contributed by atoms with Crippen LogP contribution in [0.4, 0.5) is 0 Å². The van der Waals surface area contributed by atoms with Crippen LogP contribution >= 0.6 is 0 Å². The van der Waals surface area contributed by atoms with Crippen LogP contribution in [0.1, 0.15) is 39.0 Å². The molecular weight excluding hydrogens is 200 g/mol. The first-order valence-corrected chi connectivity index (χ1v) is 6.82. The molecule has 1 aliphatic heterocycles. The van der Waals surface area contributed by atoms with E-state index in [4.69, 9.17) is 9.47 Å². The van der Waals surface area contributed by atoms with E-state index < -0.39 is 0 Å². The Hall–Kier alpha value is -0.0800. The van der Waals surface area contributed by atoms with E-state index in [2.05, 4.69) is 6.92 Å². The molecule has 4 aliphatic rings. The average Bonchev–Trinajstić information content (AvgIpc) is 2.69. The SMILES string of the molecule is COC1OC[C@H]2C[C@H]3CC4(CC4)C[C@H]3[C@]12C. The summed E-state index contributed by atoms with van der Waals surface area (Å²) in [5.74, 6) is 2.63. The zero-order valence-electron chi connectivity index (χ0n) is 10.4. The van der Waals surface area contributed by atoms with Gasteiger partial charge in [-0.2, -0.15) is 0 Å². The minimum Gasteiger partial charge on any atom is -0.355 e. The molecule has 1 unspecified atom stereocenters. The molecule has 0 aromatic heterocycles. The van der Waals surface area contributed by atoms with Crippen LogP contribution in [-0.2, 0) is 9.47 Å². The molecule has 1 spiro atoms. The molecule has 2 nitrogen and oxygen atoms in total. The van der Waals surface area contributed by atoms with Crippen LogP contribution < -0.4 is 0 Å². The zero-order chi connectivity index (χ0) is 11.0. The summed E-state index contributed by atoms with van der Waals surface area (Å²) >= 11 is 0. The minimum atomic E-state index is 0.0707. The van der Waals surface area contributed by atoms with Crippen LogP contribution in [-0.4, -0.2) is 20.0 Å². The third-order valence-corrected chi connectivity index (χ3v) is 6.31. The summed E-state index contributed by atoms with van der Waals surface area (Å²) in [5.41, 5.74) is 1.11. The Morgan fingerprint density at radius 2 is 2.06 bits per heavy atom. The number of ether oxygens (including phenoxy) is 2. The summed E-state index contributed by atoms with van der Waals surface area (Å²) in [6.07, 6.45) is 7.46. The molecule has 4 rings (SSSR count). The zero-order valence-corrected chi connectivity index (χ0v) is 10.4. The Kier molecular flexibility index (Phi) is 1.76. The van der Waals surface area contributed by atoms with Crippen LogP contribution in [0.5, 0.6) is 0 Å². The van der Waals surface area contributed by atoms with E-state index in [-0.39, 0.29) is 6.29 Å². The highest BCUT2D eigenvalue weighted by Gasteiger charge is 2.66. The molecule has 1 saturated heterocycles. The Morgan fingerprint density at radius 3 is 2.75 bits per heavy atom. The molecule has 0 amide bonds. The highest BCUT2D eigenvalue weighted by molar-refractivity contribution is 5.13. The van der Waals surface area contributed by atoms with Gasteiger partial charge in [0, 0.05) is 12.5 Å². The Labute approximate surface area is 97.7 Å². The fourth-order valence-corrected chi connectivity index (χ4v) is 5.22. The van der Waals surface area contributed by atoms with Crippen LogP contribution in [0.25, 0.3) is 0 Å². The quantitative estimate of drug-likeness (QED) is 0.679. The summed E-state index contributed by atoms with van der Waals surface area (Å²) in [6, 6.07) is 0. The smallest absolute Gasteiger partial charge is 0.163 e. The lowest BCUT2D eigenvalue weighted by Gasteiger charge is -2.35. The summed E-state index contributed by atoms with van der Waals surface area (Å²) in [6.45, 7) is 3.37. The second-order valence-corrected chi connectivity index (χ2v) is 6.97. The van der Waals surface area contributed by atoms with E-state index in [9.17, 15) is 0 Å². The minimum absolute atomic E-state index is 0.0707. The Morgan fingerprint density at radius 1 is 1.25 bits per heavy atom. The van der Waals surface area contributed by atoms with E-state index in [0.717, 1.165) is 29.8 Å². The second kappa shape index (κ2) is 2.84. The maximum atomic E-state index is 5.85. The van der Waals surface area contributed by atoms with Crippen molar-refractivity contribution < 1.29 is 9.47 Å². The van der Waals surface area contributed by atoms with Gasteiger partial charge in [0.1, 0.15) is 0 Å². The lowest BCUT2D eigenvalue weighted by molar-refractivity contribution is -0.153. The maximum Gasteiger partial charge on any atom is 0.163 e. The van der Waals surface area contributed by atoms with Crippen molar-refractivity contribution in [1.29, 1.82) is 0 Å². The lowest BCUT2D eigenvalue weighted by Crippen LogP contribution is -2.37. The largest absolute Gasteiger partial charge is 0.355 e. The highest BCUT2D eigenvalue weighted by Crippen LogP contribution is 2.71. The van der Waals surface area contributed by atoms with E-state index in [1.165, 1.54) is 32.1 Å². The van der Waals surface area contributed by atoms with E-state index in [1.54, 1.807) is 0 Å². The first kappa shape index (κ1) is 9.90. The standard InChI is InChI=1S/C14H22O2/c1-13-10(8-16-12(13)15-2)5-9-6-14(3-4-14)7-11(9)13/h9-12H,3-8H2,1-2H3/t9-,10+,11+,12?,13+/m0/s1. The molecular formula is C14H22O2. The number of rotatable bonds is 1. The number of hydrogen-bond acceptors (Lipinski definition) is 2. The monoisotopic (exact) mass is 222 g/mol. The third kappa shape index (κ3) is 1.01. The maximum absolute atomic E-state index is 5.85. The van der Waals surface area contributed by atoms with E-state index >= 15 is 0 Å². The Balaban J connectivity index is 1.67. The summed E-state index contributed by atoms with van der Waals surface area (Å²) in [7, 11) is 1.81. The second-order valence-electron chi connectivity index (χ2n) is 6.97. The van der Waals surface area contributed by atoms with Crippen LogP contribution in [0.2, 0.25) is 0 Å². The highest BCUT2D eigenvalue weighted by atomic mass is 16.7. The normalized spacial score (nSPS) is 56.6. The number of hydrogen-bond donors (Lipinski definition) is 0. The van der Waals surface area contributed by atoms with Gasteiger partial charge in [-0.15, -0.1) is 0 Å². The molecule has 3 saturated carbocycles. The van der Waals surface area contributed by atoms with Crippen molar-refractivity contribution in [1.82, 2.24) is 0 Å². The van der Waals surface area contributed by atoms with Gasteiger partial charge in [-0.25, -0.2) is 0 Å². The van der Waals surface area contributed by atoms with Gasteiger partial charge in [0.15, 0.2) is 6.29 Å². The van der Waals surface area contributed by atoms with Gasteiger partial charge in [0.05, 0.1) is 6.61 Å². The molecule has 0 bridgehead atoms. The van der Waals surface area contributed by atoms with Gasteiger partial charge in [0.25, 0.3) is 0 Å². The molecule has 0 radical (unpaired) electrons. The molecule has 2 heteroatoms. The van der Waals surface area contributed by atoms with Crippen molar-refractivity contribution in [3.8, 4) is 0 Å². The summed E-state index contributed by atoms with van der Waals surface area (Å²) in [5, 5.41) is 0. The van der Waals surface area contributed by atoms with Gasteiger partial charge in [-0.3, -0.25) is 0 Å². The Bertz CT molecular complexity index is 319. The van der Waals surface area contributed by atoms with Crippen LogP contribution in [0.3, 0.4) is 0 Å². The molecule has 5 atom stereocenters. The average molecular weight is 222 g/mol. The molecule has 3 aliphatic carbocycles. The van der Waals surface area contributed by atoms with Crippen LogP contribution in [0.15, 0.2) is 0 Å². The topological polar surface area (TPSA) is 18.5 Å². The molecule has 90 valence electrons. The van der Waals surface area contributed by atoms with Gasteiger partial charge in [0.2, 0.25) is 0 Å². The molecule has 4 fully saturated rings. The predicted octanol–water partition coefficient (Wildman–Crippen LogP) is 2.82. The van der Waals surface area contributed by atoms with Crippen molar-refractivity contribution in [3.05, 3.63) is 0 Å². The van der Waals surface area contributed by atoms with Gasteiger partial charge in [-0.05, 0) is 55.3 Å². The predicted molar refractivity (Wildman–Crippen MR) is 60.8 cm³/mol. The summed E-state index contributed by atoms with van der Waals surface area (Å²) in [4.78, 5) is 0. The number of fused-ring (bicyclic) bond motifs is 3. The molecule has 16 heavy (non-hydrogen) atoms. The van der Waals surface area contributed by atoms with Gasteiger partial charge in [-0.1, -0.05) is 6.92 Å². The van der Waals surface area contributed by atoms with Crippen molar-refractivity contribution in [2.45, 2.75) is 45.3 Å².